The summed E-state index contributed by atoms with van der Waals surface area (Å²) in [5.41, 5.74) is 0.957. The van der Waals surface area contributed by atoms with E-state index < -0.39 is 0 Å². The van der Waals surface area contributed by atoms with Crippen LogP contribution in [0.3, 0.4) is 0 Å². The SMILES string of the molecule is COc1nc(-c2ccccc2)oc1C. The Morgan fingerprint density at radius 1 is 1.21 bits per heavy atom. The fraction of sp³-hybridized carbons (Fsp3) is 0.182. The van der Waals surface area contributed by atoms with Crippen molar-refractivity contribution in [2.45, 2.75) is 6.92 Å². The normalized spacial score (nSPS) is 10.1. The molecular weight excluding hydrogens is 178 g/mol. The third-order valence-corrected chi connectivity index (χ3v) is 1.97. The van der Waals surface area contributed by atoms with Crippen LogP contribution in [-0.4, -0.2) is 12.1 Å². The van der Waals surface area contributed by atoms with E-state index in [-0.39, 0.29) is 0 Å². The first-order chi connectivity index (χ1) is 6.81. The highest BCUT2D eigenvalue weighted by atomic mass is 16.5. The van der Waals surface area contributed by atoms with E-state index in [1.165, 1.54) is 0 Å². The van der Waals surface area contributed by atoms with Gasteiger partial charge in [0.1, 0.15) is 0 Å². The predicted molar refractivity (Wildman–Crippen MR) is 53.2 cm³/mol. The third kappa shape index (κ3) is 1.48. The van der Waals surface area contributed by atoms with Gasteiger partial charge in [-0.15, -0.1) is 0 Å². The van der Waals surface area contributed by atoms with Crippen LogP contribution in [0.5, 0.6) is 5.88 Å². The highest BCUT2D eigenvalue weighted by Gasteiger charge is 2.10. The van der Waals surface area contributed by atoms with Crippen LogP contribution in [0.4, 0.5) is 0 Å². The highest BCUT2D eigenvalue weighted by molar-refractivity contribution is 5.53. The fourth-order valence-corrected chi connectivity index (χ4v) is 1.28. The average Bonchev–Trinajstić information content (AvgIpc) is 2.61. The lowest BCUT2D eigenvalue weighted by atomic mass is 10.2. The molecule has 0 N–H and O–H groups in total. The largest absolute Gasteiger partial charge is 0.479 e. The molecule has 0 aliphatic rings. The second-order valence-corrected chi connectivity index (χ2v) is 2.95. The van der Waals surface area contributed by atoms with Crippen LogP contribution in [0.15, 0.2) is 34.7 Å². The molecule has 3 nitrogen and oxygen atoms in total. The molecule has 1 aromatic carbocycles. The number of aromatic nitrogens is 1. The van der Waals surface area contributed by atoms with E-state index in [2.05, 4.69) is 4.98 Å². The lowest BCUT2D eigenvalue weighted by molar-refractivity contribution is 0.388. The molecule has 14 heavy (non-hydrogen) atoms. The van der Waals surface area contributed by atoms with Gasteiger partial charge in [-0.1, -0.05) is 18.2 Å². The molecule has 0 aliphatic heterocycles. The number of methoxy groups -OCH3 is 1. The quantitative estimate of drug-likeness (QED) is 0.728. The van der Waals surface area contributed by atoms with Crippen molar-refractivity contribution in [1.29, 1.82) is 0 Å². The molecule has 1 aromatic heterocycles. The summed E-state index contributed by atoms with van der Waals surface area (Å²) < 4.78 is 10.5. The minimum atomic E-state index is 0.545. The molecule has 0 unspecified atom stereocenters. The first-order valence-electron chi connectivity index (χ1n) is 4.38. The first-order valence-corrected chi connectivity index (χ1v) is 4.38. The molecule has 0 spiro atoms. The maximum Gasteiger partial charge on any atom is 0.256 e. The lowest BCUT2D eigenvalue weighted by Crippen LogP contribution is -1.83. The van der Waals surface area contributed by atoms with Gasteiger partial charge in [-0.3, -0.25) is 0 Å². The first kappa shape index (κ1) is 8.81. The van der Waals surface area contributed by atoms with E-state index in [0.717, 1.165) is 5.56 Å². The van der Waals surface area contributed by atoms with E-state index in [0.29, 0.717) is 17.5 Å². The molecule has 2 rings (SSSR count). The van der Waals surface area contributed by atoms with Crippen molar-refractivity contribution in [1.82, 2.24) is 4.98 Å². The van der Waals surface area contributed by atoms with Crippen LogP contribution in [0.2, 0.25) is 0 Å². The van der Waals surface area contributed by atoms with Gasteiger partial charge in [-0.05, 0) is 19.1 Å². The Morgan fingerprint density at radius 2 is 1.93 bits per heavy atom. The molecular formula is C11H11NO2. The molecule has 0 bridgehead atoms. The molecule has 0 fully saturated rings. The lowest BCUT2D eigenvalue weighted by Gasteiger charge is -1.91. The standard InChI is InChI=1S/C11H11NO2/c1-8-10(13-2)12-11(14-8)9-6-4-3-5-7-9/h3-7H,1-2H3. The zero-order chi connectivity index (χ0) is 9.97. The van der Waals surface area contributed by atoms with Crippen LogP contribution >= 0.6 is 0 Å². The number of hydrogen-bond donors (Lipinski definition) is 0. The summed E-state index contributed by atoms with van der Waals surface area (Å²) in [6.45, 7) is 1.83. The summed E-state index contributed by atoms with van der Waals surface area (Å²) in [5.74, 6) is 1.84. The van der Waals surface area contributed by atoms with Crippen molar-refractivity contribution < 1.29 is 9.15 Å². The number of aryl methyl sites for hydroxylation is 1. The minimum absolute atomic E-state index is 0.545. The van der Waals surface area contributed by atoms with Crippen LogP contribution < -0.4 is 4.74 Å². The highest BCUT2D eigenvalue weighted by Crippen LogP contribution is 2.25. The summed E-state index contributed by atoms with van der Waals surface area (Å²) in [5, 5.41) is 0. The van der Waals surface area contributed by atoms with E-state index in [1.54, 1.807) is 7.11 Å². The molecule has 0 saturated carbocycles. The Bertz CT molecular complexity index is 420. The van der Waals surface area contributed by atoms with Gasteiger partial charge in [0, 0.05) is 5.56 Å². The summed E-state index contributed by atoms with van der Waals surface area (Å²) in [4.78, 5) is 4.21. The van der Waals surface area contributed by atoms with Gasteiger partial charge in [0.25, 0.3) is 5.88 Å². The van der Waals surface area contributed by atoms with Crippen LogP contribution in [0.1, 0.15) is 5.76 Å². The van der Waals surface area contributed by atoms with Gasteiger partial charge < -0.3 is 9.15 Å². The van der Waals surface area contributed by atoms with Crippen LogP contribution in [-0.2, 0) is 0 Å². The van der Waals surface area contributed by atoms with Crippen molar-refractivity contribution in [2.24, 2.45) is 0 Å². The average molecular weight is 189 g/mol. The minimum Gasteiger partial charge on any atom is -0.479 e. The van der Waals surface area contributed by atoms with Gasteiger partial charge in [0.15, 0.2) is 5.76 Å². The molecule has 72 valence electrons. The van der Waals surface area contributed by atoms with E-state index in [9.17, 15) is 0 Å². The van der Waals surface area contributed by atoms with Crippen LogP contribution in [0.25, 0.3) is 11.5 Å². The molecule has 0 amide bonds. The second kappa shape index (κ2) is 3.54. The van der Waals surface area contributed by atoms with E-state index >= 15 is 0 Å². The Balaban J connectivity index is 2.43. The van der Waals surface area contributed by atoms with Gasteiger partial charge in [-0.25, -0.2) is 0 Å². The third-order valence-electron chi connectivity index (χ3n) is 1.97. The number of ether oxygens (including phenoxy) is 1. The molecule has 0 radical (unpaired) electrons. The van der Waals surface area contributed by atoms with Gasteiger partial charge >= 0.3 is 0 Å². The van der Waals surface area contributed by atoms with Crippen molar-refractivity contribution in [3.8, 4) is 17.3 Å². The Hall–Kier alpha value is -1.77. The number of oxazole rings is 1. The predicted octanol–water partition coefficient (Wildman–Crippen LogP) is 2.66. The molecule has 0 atom stereocenters. The smallest absolute Gasteiger partial charge is 0.256 e. The summed E-state index contributed by atoms with van der Waals surface area (Å²) >= 11 is 0. The zero-order valence-electron chi connectivity index (χ0n) is 8.15. The fourth-order valence-electron chi connectivity index (χ4n) is 1.28. The van der Waals surface area contributed by atoms with Gasteiger partial charge in [0.2, 0.25) is 5.89 Å². The van der Waals surface area contributed by atoms with E-state index in [1.807, 2.05) is 37.3 Å². The van der Waals surface area contributed by atoms with Gasteiger partial charge in [-0.2, -0.15) is 4.98 Å². The van der Waals surface area contributed by atoms with Gasteiger partial charge in [0.05, 0.1) is 7.11 Å². The Labute approximate surface area is 82.3 Å². The Morgan fingerprint density at radius 3 is 2.50 bits per heavy atom. The summed E-state index contributed by atoms with van der Waals surface area (Å²) in [7, 11) is 1.58. The van der Waals surface area contributed by atoms with Crippen molar-refractivity contribution in [3.05, 3.63) is 36.1 Å². The Kier molecular flexibility index (Phi) is 2.23. The monoisotopic (exact) mass is 189 g/mol. The molecule has 1 heterocycles. The van der Waals surface area contributed by atoms with Crippen LogP contribution in [0, 0.1) is 6.92 Å². The number of rotatable bonds is 2. The number of hydrogen-bond acceptors (Lipinski definition) is 3. The second-order valence-electron chi connectivity index (χ2n) is 2.95. The van der Waals surface area contributed by atoms with E-state index in [4.69, 9.17) is 9.15 Å². The summed E-state index contributed by atoms with van der Waals surface area (Å²) in [6.07, 6.45) is 0. The summed E-state index contributed by atoms with van der Waals surface area (Å²) in [6, 6.07) is 9.74. The maximum absolute atomic E-state index is 5.46. The molecule has 0 saturated heterocycles. The molecule has 3 heteroatoms. The molecule has 0 aliphatic carbocycles. The topological polar surface area (TPSA) is 35.3 Å². The van der Waals surface area contributed by atoms with Crippen molar-refractivity contribution in [2.75, 3.05) is 7.11 Å². The van der Waals surface area contributed by atoms with Crippen molar-refractivity contribution in [3.63, 3.8) is 0 Å². The van der Waals surface area contributed by atoms with Crippen molar-refractivity contribution >= 4 is 0 Å². The number of nitrogens with zero attached hydrogens (tertiary/aromatic N) is 1. The maximum atomic E-state index is 5.46. The molecule has 2 aromatic rings. The number of benzene rings is 1. The zero-order valence-corrected chi connectivity index (χ0v) is 8.15.